The Kier molecular flexibility index (Phi) is 7.24. The van der Waals surface area contributed by atoms with Crippen molar-refractivity contribution in [1.82, 2.24) is 9.62 Å². The van der Waals surface area contributed by atoms with Gasteiger partial charge in [-0.25, -0.2) is 13.1 Å². The lowest BCUT2D eigenvalue weighted by atomic mass is 10.1. The fraction of sp³-hybridized carbons (Fsp3) is 0.625. The predicted molar refractivity (Wildman–Crippen MR) is 88.8 cm³/mol. The standard InChI is InChI=1S/C16H23F3N2O3S/c17-16(18,19)15-4-1-3-14(13-15)5-6-20-25(22,23)12-2-7-21-8-10-24-11-9-21/h1,3-4,13,20H,2,5-12H2. The first-order valence-corrected chi connectivity index (χ1v) is 9.85. The van der Waals surface area contributed by atoms with Crippen LogP contribution in [0.1, 0.15) is 17.5 Å². The summed E-state index contributed by atoms with van der Waals surface area (Å²) >= 11 is 0. The summed E-state index contributed by atoms with van der Waals surface area (Å²) in [7, 11) is -3.42. The van der Waals surface area contributed by atoms with E-state index >= 15 is 0 Å². The van der Waals surface area contributed by atoms with Crippen LogP contribution in [0, 0.1) is 0 Å². The van der Waals surface area contributed by atoms with Gasteiger partial charge in [-0.2, -0.15) is 13.2 Å². The number of benzene rings is 1. The topological polar surface area (TPSA) is 58.6 Å². The fourth-order valence-corrected chi connectivity index (χ4v) is 3.70. The van der Waals surface area contributed by atoms with Crippen molar-refractivity contribution in [1.29, 1.82) is 0 Å². The van der Waals surface area contributed by atoms with Gasteiger partial charge in [0.15, 0.2) is 0 Å². The smallest absolute Gasteiger partial charge is 0.379 e. The molecular formula is C16H23F3N2O3S. The molecule has 9 heteroatoms. The van der Waals surface area contributed by atoms with Gasteiger partial charge in [-0.05, 0) is 31.0 Å². The zero-order chi connectivity index (χ0) is 18.3. The largest absolute Gasteiger partial charge is 0.416 e. The average molecular weight is 380 g/mol. The van der Waals surface area contributed by atoms with Crippen LogP contribution in [0.3, 0.4) is 0 Å². The maximum Gasteiger partial charge on any atom is 0.416 e. The van der Waals surface area contributed by atoms with E-state index in [2.05, 4.69) is 9.62 Å². The first-order valence-electron chi connectivity index (χ1n) is 8.20. The third-order valence-corrected chi connectivity index (χ3v) is 5.45. The van der Waals surface area contributed by atoms with E-state index in [1.165, 1.54) is 6.07 Å². The van der Waals surface area contributed by atoms with E-state index in [0.717, 1.165) is 25.2 Å². The Balaban J connectivity index is 1.72. The molecule has 0 radical (unpaired) electrons. The maximum absolute atomic E-state index is 12.6. The normalized spacial score (nSPS) is 16.9. The van der Waals surface area contributed by atoms with Gasteiger partial charge in [-0.1, -0.05) is 18.2 Å². The van der Waals surface area contributed by atoms with Gasteiger partial charge in [0.1, 0.15) is 0 Å². The Labute approximate surface area is 146 Å². The van der Waals surface area contributed by atoms with Crippen LogP contribution in [0.4, 0.5) is 13.2 Å². The molecule has 25 heavy (non-hydrogen) atoms. The summed E-state index contributed by atoms with van der Waals surface area (Å²) < 4.78 is 69.5. The molecule has 0 aliphatic carbocycles. The van der Waals surface area contributed by atoms with Crippen LogP contribution in [-0.2, 0) is 27.4 Å². The van der Waals surface area contributed by atoms with E-state index in [0.29, 0.717) is 31.7 Å². The molecule has 0 saturated carbocycles. The van der Waals surface area contributed by atoms with Crippen LogP contribution >= 0.6 is 0 Å². The summed E-state index contributed by atoms with van der Waals surface area (Å²) in [6, 6.07) is 4.93. The van der Waals surface area contributed by atoms with Gasteiger partial charge < -0.3 is 4.74 Å². The minimum absolute atomic E-state index is 0.00689. The van der Waals surface area contributed by atoms with Crippen molar-refractivity contribution in [2.75, 3.05) is 45.1 Å². The number of hydrogen-bond donors (Lipinski definition) is 1. The molecule has 0 bridgehead atoms. The number of nitrogens with one attached hydrogen (secondary N) is 1. The van der Waals surface area contributed by atoms with Gasteiger partial charge in [0.25, 0.3) is 0 Å². The number of ether oxygens (including phenoxy) is 1. The van der Waals surface area contributed by atoms with Crippen LogP contribution < -0.4 is 4.72 Å². The Morgan fingerprint density at radius 3 is 2.60 bits per heavy atom. The number of morpholine rings is 1. The highest BCUT2D eigenvalue weighted by atomic mass is 32.2. The highest BCUT2D eigenvalue weighted by Gasteiger charge is 2.30. The Morgan fingerprint density at radius 2 is 1.92 bits per heavy atom. The van der Waals surface area contributed by atoms with Crippen molar-refractivity contribution in [2.45, 2.75) is 19.0 Å². The molecule has 1 N–H and O–H groups in total. The molecule has 0 unspecified atom stereocenters. The van der Waals surface area contributed by atoms with Crippen molar-refractivity contribution < 1.29 is 26.3 Å². The average Bonchev–Trinajstić information content (AvgIpc) is 2.55. The van der Waals surface area contributed by atoms with Crippen LogP contribution in [0.5, 0.6) is 0 Å². The van der Waals surface area contributed by atoms with Crippen molar-refractivity contribution in [3.05, 3.63) is 35.4 Å². The minimum Gasteiger partial charge on any atom is -0.379 e. The summed E-state index contributed by atoms with van der Waals surface area (Å²) in [6.45, 7) is 3.73. The van der Waals surface area contributed by atoms with Gasteiger partial charge in [0.05, 0.1) is 24.5 Å². The summed E-state index contributed by atoms with van der Waals surface area (Å²) in [6.07, 6.45) is -3.67. The SMILES string of the molecule is O=S(=O)(CCCN1CCOCC1)NCCc1cccc(C(F)(F)F)c1. The van der Waals surface area contributed by atoms with Crippen LogP contribution in [0.15, 0.2) is 24.3 Å². The molecule has 1 heterocycles. The molecule has 0 atom stereocenters. The third-order valence-electron chi connectivity index (χ3n) is 3.98. The molecule has 5 nitrogen and oxygen atoms in total. The third kappa shape index (κ3) is 7.31. The molecule has 1 aliphatic rings. The van der Waals surface area contributed by atoms with E-state index in [4.69, 9.17) is 4.74 Å². The molecular weight excluding hydrogens is 357 g/mol. The number of nitrogens with zero attached hydrogens (tertiary/aromatic N) is 1. The summed E-state index contributed by atoms with van der Waals surface area (Å²) in [5.74, 6) is 0.00689. The second kappa shape index (κ2) is 8.98. The van der Waals surface area contributed by atoms with Crippen LogP contribution in [0.25, 0.3) is 0 Å². The van der Waals surface area contributed by atoms with E-state index < -0.39 is 21.8 Å². The monoisotopic (exact) mass is 380 g/mol. The quantitative estimate of drug-likeness (QED) is 0.748. The lowest BCUT2D eigenvalue weighted by Crippen LogP contribution is -2.38. The van der Waals surface area contributed by atoms with E-state index in [1.54, 1.807) is 6.07 Å². The van der Waals surface area contributed by atoms with E-state index in [9.17, 15) is 21.6 Å². The number of sulfonamides is 1. The minimum atomic E-state index is -4.39. The van der Waals surface area contributed by atoms with E-state index in [-0.39, 0.29) is 18.7 Å². The second-order valence-electron chi connectivity index (χ2n) is 5.97. The molecule has 0 aromatic heterocycles. The van der Waals surface area contributed by atoms with Gasteiger partial charge >= 0.3 is 6.18 Å². The first-order chi connectivity index (χ1) is 11.8. The summed E-state index contributed by atoms with van der Waals surface area (Å²) in [4.78, 5) is 2.15. The number of rotatable bonds is 8. The molecule has 0 spiro atoms. The number of hydrogen-bond acceptors (Lipinski definition) is 4. The van der Waals surface area contributed by atoms with E-state index in [1.807, 2.05) is 0 Å². The molecule has 1 saturated heterocycles. The molecule has 0 amide bonds. The van der Waals surface area contributed by atoms with Crippen LogP contribution in [0.2, 0.25) is 0 Å². The molecule has 1 aromatic carbocycles. The van der Waals surface area contributed by atoms with Crippen LogP contribution in [-0.4, -0.2) is 58.5 Å². The lowest BCUT2D eigenvalue weighted by molar-refractivity contribution is -0.137. The zero-order valence-corrected chi connectivity index (χ0v) is 14.7. The maximum atomic E-state index is 12.6. The first kappa shape index (κ1) is 20.2. The number of alkyl halides is 3. The Hall–Kier alpha value is -1.16. The lowest BCUT2D eigenvalue weighted by Gasteiger charge is -2.26. The zero-order valence-electron chi connectivity index (χ0n) is 13.9. The van der Waals surface area contributed by atoms with Crippen molar-refractivity contribution in [2.24, 2.45) is 0 Å². The highest BCUT2D eigenvalue weighted by molar-refractivity contribution is 7.89. The predicted octanol–water partition coefficient (Wildman–Crippen LogP) is 1.89. The molecule has 2 rings (SSSR count). The van der Waals surface area contributed by atoms with Gasteiger partial charge in [-0.15, -0.1) is 0 Å². The van der Waals surface area contributed by atoms with Crippen molar-refractivity contribution >= 4 is 10.0 Å². The Morgan fingerprint density at radius 1 is 1.20 bits per heavy atom. The van der Waals surface area contributed by atoms with Gasteiger partial charge in [-0.3, -0.25) is 4.90 Å². The summed E-state index contributed by atoms with van der Waals surface area (Å²) in [5, 5.41) is 0. The van der Waals surface area contributed by atoms with Crippen molar-refractivity contribution in [3.8, 4) is 0 Å². The highest BCUT2D eigenvalue weighted by Crippen LogP contribution is 2.29. The second-order valence-corrected chi connectivity index (χ2v) is 7.90. The molecule has 142 valence electrons. The molecule has 1 aliphatic heterocycles. The molecule has 1 aromatic rings. The Bertz CT molecular complexity index is 644. The van der Waals surface area contributed by atoms with Crippen molar-refractivity contribution in [3.63, 3.8) is 0 Å². The van der Waals surface area contributed by atoms with Gasteiger partial charge in [0.2, 0.25) is 10.0 Å². The fourth-order valence-electron chi connectivity index (χ4n) is 2.63. The van der Waals surface area contributed by atoms with Gasteiger partial charge in [0, 0.05) is 19.6 Å². The number of halogens is 3. The molecule has 1 fully saturated rings. The summed E-state index contributed by atoms with van der Waals surface area (Å²) in [5.41, 5.74) is -0.274.